The molecule has 1 aliphatic carbocycles. The van der Waals surface area contributed by atoms with Gasteiger partial charge < -0.3 is 15.4 Å². The maximum Gasteiger partial charge on any atom is 0.407 e. The number of carbonyl (C=O) groups is 1. The zero-order chi connectivity index (χ0) is 15.6. The molecule has 2 rings (SSSR count). The first-order valence-corrected chi connectivity index (χ1v) is 7.57. The van der Waals surface area contributed by atoms with Crippen molar-refractivity contribution in [2.24, 2.45) is 0 Å². The maximum absolute atomic E-state index is 11.7. The van der Waals surface area contributed by atoms with E-state index < -0.39 is 5.60 Å². The minimum absolute atomic E-state index is 0.173. The van der Waals surface area contributed by atoms with Gasteiger partial charge in [0, 0.05) is 18.1 Å². The lowest BCUT2D eigenvalue weighted by atomic mass is 10.1. The molecule has 0 heterocycles. The predicted molar refractivity (Wildman–Crippen MR) is 84.3 cm³/mol. The van der Waals surface area contributed by atoms with Crippen molar-refractivity contribution in [2.45, 2.75) is 64.8 Å². The van der Waals surface area contributed by atoms with E-state index in [0.29, 0.717) is 6.04 Å². The quantitative estimate of drug-likeness (QED) is 0.894. The Morgan fingerprint density at radius 2 is 2.05 bits per heavy atom. The summed E-state index contributed by atoms with van der Waals surface area (Å²) in [4.78, 5) is 11.7. The molecule has 1 aliphatic rings. The monoisotopic (exact) mass is 290 g/mol. The highest BCUT2D eigenvalue weighted by atomic mass is 16.6. The third-order valence-electron chi connectivity index (χ3n) is 3.50. The summed E-state index contributed by atoms with van der Waals surface area (Å²) in [7, 11) is 0. The third-order valence-corrected chi connectivity index (χ3v) is 3.50. The number of benzene rings is 1. The number of carbonyl (C=O) groups excluding carboxylic acids is 1. The standard InChI is InChI=1S/C17H26N2O2/c1-11-7-6-8-13(9-11)12(2)18-14-10-15(14)19-16(20)21-17(3,4)5/h6-9,12,14-15,18H,10H2,1-5H3,(H,19,20). The van der Waals surface area contributed by atoms with Gasteiger partial charge in [-0.2, -0.15) is 0 Å². The molecule has 1 saturated carbocycles. The molecule has 3 unspecified atom stereocenters. The van der Waals surface area contributed by atoms with Crippen LogP contribution in [0.4, 0.5) is 4.79 Å². The summed E-state index contributed by atoms with van der Waals surface area (Å²) in [5.41, 5.74) is 2.09. The van der Waals surface area contributed by atoms with Gasteiger partial charge in [0.25, 0.3) is 0 Å². The second kappa shape index (κ2) is 6.06. The lowest BCUT2D eigenvalue weighted by molar-refractivity contribution is 0.0522. The van der Waals surface area contributed by atoms with E-state index in [1.165, 1.54) is 11.1 Å². The van der Waals surface area contributed by atoms with Crippen LogP contribution in [-0.4, -0.2) is 23.8 Å². The summed E-state index contributed by atoms with van der Waals surface area (Å²) in [6, 6.07) is 9.27. The zero-order valence-electron chi connectivity index (χ0n) is 13.6. The van der Waals surface area contributed by atoms with Crippen LogP contribution in [0, 0.1) is 6.92 Å². The van der Waals surface area contributed by atoms with Crippen LogP contribution in [0.25, 0.3) is 0 Å². The minimum atomic E-state index is -0.448. The minimum Gasteiger partial charge on any atom is -0.444 e. The topological polar surface area (TPSA) is 50.4 Å². The van der Waals surface area contributed by atoms with E-state index in [9.17, 15) is 4.79 Å². The zero-order valence-corrected chi connectivity index (χ0v) is 13.6. The van der Waals surface area contributed by atoms with Crippen LogP contribution in [0.5, 0.6) is 0 Å². The molecule has 0 bridgehead atoms. The second-order valence-corrected chi connectivity index (χ2v) is 6.90. The van der Waals surface area contributed by atoms with E-state index in [1.807, 2.05) is 20.8 Å². The molecule has 4 heteroatoms. The first kappa shape index (κ1) is 15.8. The number of ether oxygens (including phenoxy) is 1. The molecule has 0 aliphatic heterocycles. The van der Waals surface area contributed by atoms with E-state index in [4.69, 9.17) is 4.74 Å². The summed E-state index contributed by atoms with van der Waals surface area (Å²) >= 11 is 0. The van der Waals surface area contributed by atoms with Crippen LogP contribution in [-0.2, 0) is 4.74 Å². The van der Waals surface area contributed by atoms with Crippen molar-refractivity contribution in [3.63, 3.8) is 0 Å². The molecule has 4 nitrogen and oxygen atoms in total. The molecule has 1 fully saturated rings. The van der Waals surface area contributed by atoms with Gasteiger partial charge in [-0.1, -0.05) is 29.8 Å². The molecule has 1 amide bonds. The van der Waals surface area contributed by atoms with Crippen molar-refractivity contribution in [2.75, 3.05) is 0 Å². The first-order valence-electron chi connectivity index (χ1n) is 7.57. The third kappa shape index (κ3) is 5.05. The van der Waals surface area contributed by atoms with Gasteiger partial charge in [0.15, 0.2) is 0 Å². The van der Waals surface area contributed by atoms with Gasteiger partial charge in [-0.05, 0) is 46.6 Å². The molecule has 3 atom stereocenters. The lowest BCUT2D eigenvalue weighted by Crippen LogP contribution is -2.37. The smallest absolute Gasteiger partial charge is 0.407 e. The Hall–Kier alpha value is -1.55. The highest BCUT2D eigenvalue weighted by molar-refractivity contribution is 5.68. The Morgan fingerprint density at radius 1 is 1.33 bits per heavy atom. The molecule has 0 radical (unpaired) electrons. The highest BCUT2D eigenvalue weighted by Crippen LogP contribution is 2.26. The van der Waals surface area contributed by atoms with Crippen LogP contribution in [0.1, 0.15) is 51.3 Å². The van der Waals surface area contributed by atoms with Gasteiger partial charge in [-0.3, -0.25) is 0 Å². The Kier molecular flexibility index (Phi) is 4.57. The van der Waals surface area contributed by atoms with Crippen molar-refractivity contribution >= 4 is 6.09 Å². The van der Waals surface area contributed by atoms with E-state index >= 15 is 0 Å². The number of aryl methyl sites for hydroxylation is 1. The van der Waals surface area contributed by atoms with Crippen molar-refractivity contribution in [1.82, 2.24) is 10.6 Å². The first-order chi connectivity index (χ1) is 9.74. The number of rotatable bonds is 4. The van der Waals surface area contributed by atoms with Gasteiger partial charge >= 0.3 is 6.09 Å². The van der Waals surface area contributed by atoms with Gasteiger partial charge in [0.1, 0.15) is 5.60 Å². The summed E-state index contributed by atoms with van der Waals surface area (Å²) < 4.78 is 5.26. The average molecular weight is 290 g/mol. The van der Waals surface area contributed by atoms with Crippen LogP contribution in [0.2, 0.25) is 0 Å². The fourth-order valence-electron chi connectivity index (χ4n) is 2.35. The van der Waals surface area contributed by atoms with Gasteiger partial charge in [0.05, 0.1) is 0 Å². The fraction of sp³-hybridized carbons (Fsp3) is 0.588. The molecule has 1 aromatic carbocycles. The SMILES string of the molecule is Cc1cccc(C(C)NC2CC2NC(=O)OC(C)(C)C)c1. The lowest BCUT2D eigenvalue weighted by Gasteiger charge is -2.20. The van der Waals surface area contributed by atoms with Gasteiger partial charge in [-0.25, -0.2) is 4.79 Å². The van der Waals surface area contributed by atoms with Crippen LogP contribution in [0.15, 0.2) is 24.3 Å². The van der Waals surface area contributed by atoms with Gasteiger partial charge in [-0.15, -0.1) is 0 Å². The Bertz CT molecular complexity index is 508. The molecule has 2 N–H and O–H groups in total. The number of nitrogens with one attached hydrogen (secondary N) is 2. The summed E-state index contributed by atoms with van der Waals surface area (Å²) in [6.07, 6.45) is 0.620. The largest absolute Gasteiger partial charge is 0.444 e. The average Bonchev–Trinajstić information content (AvgIpc) is 3.04. The summed E-state index contributed by atoms with van der Waals surface area (Å²) in [5, 5.41) is 6.45. The fourth-order valence-corrected chi connectivity index (χ4v) is 2.35. The highest BCUT2D eigenvalue weighted by Gasteiger charge is 2.39. The molecule has 0 aromatic heterocycles. The Balaban J connectivity index is 1.78. The Labute approximate surface area is 127 Å². The normalized spacial score (nSPS) is 22.5. The van der Waals surface area contributed by atoms with Crippen molar-refractivity contribution in [3.8, 4) is 0 Å². The van der Waals surface area contributed by atoms with E-state index in [2.05, 4.69) is 48.7 Å². The molecular formula is C17H26N2O2. The number of amides is 1. The number of hydrogen-bond donors (Lipinski definition) is 2. The molecule has 116 valence electrons. The van der Waals surface area contributed by atoms with E-state index in [-0.39, 0.29) is 18.2 Å². The van der Waals surface area contributed by atoms with Crippen LogP contribution >= 0.6 is 0 Å². The van der Waals surface area contributed by atoms with Gasteiger partial charge in [0.2, 0.25) is 0 Å². The van der Waals surface area contributed by atoms with Crippen molar-refractivity contribution in [3.05, 3.63) is 35.4 Å². The number of hydrogen-bond acceptors (Lipinski definition) is 3. The van der Waals surface area contributed by atoms with E-state index in [0.717, 1.165) is 6.42 Å². The second-order valence-electron chi connectivity index (χ2n) is 6.90. The molecule has 0 spiro atoms. The Morgan fingerprint density at radius 3 is 2.67 bits per heavy atom. The number of alkyl carbamates (subject to hydrolysis) is 1. The van der Waals surface area contributed by atoms with Crippen LogP contribution in [0.3, 0.4) is 0 Å². The van der Waals surface area contributed by atoms with Crippen molar-refractivity contribution in [1.29, 1.82) is 0 Å². The summed E-state index contributed by atoms with van der Waals surface area (Å²) in [6.45, 7) is 9.86. The summed E-state index contributed by atoms with van der Waals surface area (Å²) in [5.74, 6) is 0. The van der Waals surface area contributed by atoms with Crippen LogP contribution < -0.4 is 10.6 Å². The molecule has 21 heavy (non-hydrogen) atoms. The van der Waals surface area contributed by atoms with Crippen molar-refractivity contribution < 1.29 is 9.53 Å². The molecule has 0 saturated heterocycles. The van der Waals surface area contributed by atoms with E-state index in [1.54, 1.807) is 0 Å². The molecular weight excluding hydrogens is 264 g/mol. The predicted octanol–water partition coefficient (Wildman–Crippen LogP) is 3.31. The molecule has 1 aromatic rings. The maximum atomic E-state index is 11.7.